The number of carbonyl (C=O) groups excluding carboxylic acids is 1. The number of nitrogens with one attached hydrogen (secondary N) is 1. The van der Waals surface area contributed by atoms with Gasteiger partial charge in [-0.25, -0.2) is 4.98 Å². The Kier molecular flexibility index (Phi) is 7.35. The predicted molar refractivity (Wildman–Crippen MR) is 92.1 cm³/mol. The van der Waals surface area contributed by atoms with Gasteiger partial charge in [-0.1, -0.05) is 6.07 Å². The zero-order chi connectivity index (χ0) is 14.7. The lowest BCUT2D eigenvalue weighted by atomic mass is 10.0. The molecular formula is C15H19Cl2N5O. The number of pyridine rings is 1. The van der Waals surface area contributed by atoms with E-state index in [1.807, 2.05) is 24.0 Å². The van der Waals surface area contributed by atoms with E-state index in [1.165, 1.54) is 0 Å². The number of aromatic nitrogens is 3. The molecule has 0 aliphatic carbocycles. The number of halogens is 2. The molecule has 3 heterocycles. The molecule has 0 radical (unpaired) electrons. The molecule has 1 fully saturated rings. The molecular weight excluding hydrogens is 337 g/mol. The smallest absolute Gasteiger partial charge is 0.274 e. The maximum Gasteiger partial charge on any atom is 0.274 e. The summed E-state index contributed by atoms with van der Waals surface area (Å²) in [5.41, 5.74) is 2.21. The predicted octanol–water partition coefficient (Wildman–Crippen LogP) is 1.81. The monoisotopic (exact) mass is 355 g/mol. The number of rotatable bonds is 2. The summed E-state index contributed by atoms with van der Waals surface area (Å²) in [6.07, 6.45) is 6.70. The van der Waals surface area contributed by atoms with E-state index in [1.54, 1.807) is 24.8 Å². The van der Waals surface area contributed by atoms with Gasteiger partial charge in [-0.05, 0) is 18.6 Å². The van der Waals surface area contributed by atoms with Crippen LogP contribution in [-0.4, -0.2) is 45.4 Å². The summed E-state index contributed by atoms with van der Waals surface area (Å²) in [5, 5.41) is 3.32. The number of piperazine rings is 1. The Morgan fingerprint density at radius 3 is 2.74 bits per heavy atom. The highest BCUT2D eigenvalue weighted by atomic mass is 35.5. The molecule has 0 saturated carbocycles. The average Bonchev–Trinajstić information content (AvgIpc) is 2.56. The molecule has 0 spiro atoms. The normalized spacial score (nSPS) is 16.9. The molecule has 1 atom stereocenters. The minimum atomic E-state index is -0.0853. The molecule has 124 valence electrons. The third-order valence-electron chi connectivity index (χ3n) is 3.57. The van der Waals surface area contributed by atoms with Crippen LogP contribution in [0.5, 0.6) is 0 Å². The third kappa shape index (κ3) is 4.37. The van der Waals surface area contributed by atoms with Crippen molar-refractivity contribution >= 4 is 30.7 Å². The molecule has 1 aliphatic rings. The van der Waals surface area contributed by atoms with Gasteiger partial charge in [-0.15, -0.1) is 24.8 Å². The van der Waals surface area contributed by atoms with Crippen molar-refractivity contribution in [3.63, 3.8) is 0 Å². The molecule has 6 nitrogen and oxygen atoms in total. The van der Waals surface area contributed by atoms with Crippen LogP contribution in [0.1, 0.15) is 27.8 Å². The molecule has 1 N–H and O–H groups in total. The number of aryl methyl sites for hydroxylation is 1. The molecule has 8 heteroatoms. The maximum atomic E-state index is 12.7. The highest BCUT2D eigenvalue weighted by Crippen LogP contribution is 2.22. The number of hydrogen-bond acceptors (Lipinski definition) is 5. The van der Waals surface area contributed by atoms with Crippen molar-refractivity contribution < 1.29 is 4.79 Å². The Balaban J connectivity index is 0.00000132. The first-order valence-electron chi connectivity index (χ1n) is 6.96. The van der Waals surface area contributed by atoms with Gasteiger partial charge in [-0.3, -0.25) is 14.8 Å². The van der Waals surface area contributed by atoms with Crippen LogP contribution in [0.15, 0.2) is 36.9 Å². The van der Waals surface area contributed by atoms with Gasteiger partial charge in [0.05, 0.1) is 17.9 Å². The summed E-state index contributed by atoms with van der Waals surface area (Å²) in [5.74, 6) is -0.0853. The van der Waals surface area contributed by atoms with Crippen molar-refractivity contribution in [1.29, 1.82) is 0 Å². The Morgan fingerprint density at radius 2 is 2.09 bits per heavy atom. The molecule has 1 saturated heterocycles. The van der Waals surface area contributed by atoms with Crippen molar-refractivity contribution in [2.45, 2.75) is 13.0 Å². The molecule has 0 bridgehead atoms. The van der Waals surface area contributed by atoms with Crippen LogP contribution in [0.2, 0.25) is 0 Å². The van der Waals surface area contributed by atoms with E-state index in [2.05, 4.69) is 20.3 Å². The molecule has 2 aromatic rings. The zero-order valence-electron chi connectivity index (χ0n) is 12.7. The van der Waals surface area contributed by atoms with E-state index in [0.29, 0.717) is 12.2 Å². The van der Waals surface area contributed by atoms with E-state index in [0.717, 1.165) is 24.3 Å². The SMILES string of the molecule is Cc1cnc(C(=O)N2CCNCC2c2cccnc2)cn1.Cl.Cl. The lowest BCUT2D eigenvalue weighted by molar-refractivity contribution is 0.0627. The van der Waals surface area contributed by atoms with Crippen LogP contribution < -0.4 is 5.32 Å². The van der Waals surface area contributed by atoms with Crippen LogP contribution in [-0.2, 0) is 0 Å². The zero-order valence-corrected chi connectivity index (χ0v) is 14.3. The summed E-state index contributed by atoms with van der Waals surface area (Å²) >= 11 is 0. The van der Waals surface area contributed by atoms with Gasteiger partial charge in [0, 0.05) is 38.2 Å². The molecule has 23 heavy (non-hydrogen) atoms. The summed E-state index contributed by atoms with van der Waals surface area (Å²) in [6, 6.07) is 3.85. The first-order chi connectivity index (χ1) is 10.3. The largest absolute Gasteiger partial charge is 0.328 e. The van der Waals surface area contributed by atoms with Gasteiger partial charge in [0.25, 0.3) is 5.91 Å². The second kappa shape index (κ2) is 8.76. The summed E-state index contributed by atoms with van der Waals surface area (Å²) in [6.45, 7) is 4.00. The van der Waals surface area contributed by atoms with Gasteiger partial charge < -0.3 is 10.2 Å². The van der Waals surface area contributed by atoms with Crippen LogP contribution >= 0.6 is 24.8 Å². The summed E-state index contributed by atoms with van der Waals surface area (Å²) < 4.78 is 0. The summed E-state index contributed by atoms with van der Waals surface area (Å²) in [4.78, 5) is 27.0. The van der Waals surface area contributed by atoms with Crippen molar-refractivity contribution in [3.05, 3.63) is 53.9 Å². The lowest BCUT2D eigenvalue weighted by Gasteiger charge is -2.36. The molecule has 2 aromatic heterocycles. The Hall–Kier alpha value is -1.76. The van der Waals surface area contributed by atoms with Crippen LogP contribution in [0, 0.1) is 6.92 Å². The maximum absolute atomic E-state index is 12.7. The van der Waals surface area contributed by atoms with E-state index >= 15 is 0 Å². The molecule has 1 amide bonds. The second-order valence-electron chi connectivity index (χ2n) is 5.05. The quantitative estimate of drug-likeness (QED) is 0.889. The Labute approximate surface area is 147 Å². The van der Waals surface area contributed by atoms with Crippen LogP contribution in [0.25, 0.3) is 0 Å². The average molecular weight is 356 g/mol. The van der Waals surface area contributed by atoms with E-state index < -0.39 is 0 Å². The number of carbonyl (C=O) groups is 1. The Morgan fingerprint density at radius 1 is 1.26 bits per heavy atom. The number of hydrogen-bond donors (Lipinski definition) is 1. The lowest BCUT2D eigenvalue weighted by Crippen LogP contribution is -2.48. The minimum Gasteiger partial charge on any atom is -0.328 e. The van der Waals surface area contributed by atoms with Gasteiger partial charge in [-0.2, -0.15) is 0 Å². The standard InChI is InChI=1S/C15H17N5O.2ClH/c1-11-7-19-13(9-18-11)15(21)20-6-5-17-10-14(20)12-3-2-4-16-8-12;;/h2-4,7-9,14,17H,5-6,10H2,1H3;2*1H. The number of nitrogens with zero attached hydrogens (tertiary/aromatic N) is 4. The van der Waals surface area contributed by atoms with Crippen molar-refractivity contribution in [2.24, 2.45) is 0 Å². The number of amides is 1. The summed E-state index contributed by atoms with van der Waals surface area (Å²) in [7, 11) is 0. The van der Waals surface area contributed by atoms with Crippen molar-refractivity contribution in [3.8, 4) is 0 Å². The fraction of sp³-hybridized carbons (Fsp3) is 0.333. The topological polar surface area (TPSA) is 71.0 Å². The Bertz CT molecular complexity index is 624. The second-order valence-corrected chi connectivity index (χ2v) is 5.05. The fourth-order valence-corrected chi connectivity index (χ4v) is 2.47. The van der Waals surface area contributed by atoms with Gasteiger partial charge in [0.2, 0.25) is 0 Å². The molecule has 1 aliphatic heterocycles. The van der Waals surface area contributed by atoms with Crippen LogP contribution in [0.3, 0.4) is 0 Å². The van der Waals surface area contributed by atoms with Gasteiger partial charge >= 0.3 is 0 Å². The van der Waals surface area contributed by atoms with E-state index in [4.69, 9.17) is 0 Å². The molecule has 3 rings (SSSR count). The molecule has 1 unspecified atom stereocenters. The fourth-order valence-electron chi connectivity index (χ4n) is 2.47. The highest BCUT2D eigenvalue weighted by Gasteiger charge is 2.29. The van der Waals surface area contributed by atoms with Crippen molar-refractivity contribution in [2.75, 3.05) is 19.6 Å². The van der Waals surface area contributed by atoms with Gasteiger partial charge in [0.15, 0.2) is 0 Å². The first-order valence-corrected chi connectivity index (χ1v) is 6.96. The van der Waals surface area contributed by atoms with Crippen LogP contribution in [0.4, 0.5) is 0 Å². The van der Waals surface area contributed by atoms with Gasteiger partial charge in [0.1, 0.15) is 5.69 Å². The third-order valence-corrected chi connectivity index (χ3v) is 3.57. The minimum absolute atomic E-state index is 0. The highest BCUT2D eigenvalue weighted by molar-refractivity contribution is 5.92. The molecule has 0 aromatic carbocycles. The first kappa shape index (κ1) is 19.3. The van der Waals surface area contributed by atoms with E-state index in [9.17, 15) is 4.79 Å². The van der Waals surface area contributed by atoms with E-state index in [-0.39, 0.29) is 36.8 Å². The van der Waals surface area contributed by atoms with Crippen molar-refractivity contribution in [1.82, 2.24) is 25.2 Å².